The number of benzene rings is 1. The number of hydrogen-bond donors (Lipinski definition) is 1. The number of carboxylic acids is 1. The number of carbonyl (C=O) groups is 1. The smallest absolute Gasteiger partial charge is 0.308 e. The van der Waals surface area contributed by atoms with E-state index in [0.29, 0.717) is 6.54 Å². The van der Waals surface area contributed by atoms with Gasteiger partial charge in [0.05, 0.1) is 5.92 Å². The van der Waals surface area contributed by atoms with Gasteiger partial charge in [-0.05, 0) is 32.4 Å². The first-order chi connectivity index (χ1) is 9.66. The monoisotopic (exact) mass is 277 g/mol. The fourth-order valence-corrected chi connectivity index (χ4v) is 3.10. The molecule has 1 aromatic rings. The highest BCUT2D eigenvalue weighted by Crippen LogP contribution is 2.37. The van der Waals surface area contributed by atoms with Crippen molar-refractivity contribution in [3.63, 3.8) is 0 Å². The second-order valence-electron chi connectivity index (χ2n) is 5.45. The zero-order valence-electron chi connectivity index (χ0n) is 11.5. The number of piperidine rings is 1. The molecule has 3 rings (SSSR count). The lowest BCUT2D eigenvalue weighted by atomic mass is 9.90. The van der Waals surface area contributed by atoms with Crippen LogP contribution in [0.3, 0.4) is 0 Å². The van der Waals surface area contributed by atoms with E-state index in [9.17, 15) is 9.90 Å². The number of hydrogen-bond acceptors (Lipinski definition) is 4. The number of para-hydroxylation sites is 1. The number of nitrogens with zero attached hydrogens (tertiary/aromatic N) is 1. The summed E-state index contributed by atoms with van der Waals surface area (Å²) in [7, 11) is 0. The standard InChI is InChI=1S/C15H19NO4/c1-10-12(15(17)18)5-3-7-16(10)8-11-4-2-6-13-14(11)20-9-19-13/h2,4,6,10,12H,3,5,7-9H2,1H3,(H,17,18)/t10-,12-/m1/s1. The Hall–Kier alpha value is -1.75. The lowest BCUT2D eigenvalue weighted by Crippen LogP contribution is -2.45. The van der Waals surface area contributed by atoms with Crippen LogP contribution < -0.4 is 9.47 Å². The summed E-state index contributed by atoms with van der Waals surface area (Å²) in [5.74, 6) is 0.608. The number of rotatable bonds is 3. The predicted octanol–water partition coefficient (Wildman–Crippen LogP) is 2.10. The lowest BCUT2D eigenvalue weighted by molar-refractivity contribution is -0.145. The summed E-state index contributed by atoms with van der Waals surface area (Å²) in [5, 5.41) is 9.28. The van der Waals surface area contributed by atoms with E-state index in [1.165, 1.54) is 0 Å². The molecule has 5 nitrogen and oxygen atoms in total. The molecule has 2 heterocycles. The van der Waals surface area contributed by atoms with Gasteiger partial charge < -0.3 is 14.6 Å². The van der Waals surface area contributed by atoms with Crippen molar-refractivity contribution in [2.75, 3.05) is 13.3 Å². The Morgan fingerprint density at radius 1 is 1.45 bits per heavy atom. The Morgan fingerprint density at radius 3 is 3.10 bits per heavy atom. The van der Waals surface area contributed by atoms with E-state index < -0.39 is 5.97 Å². The highest BCUT2D eigenvalue weighted by atomic mass is 16.7. The average Bonchev–Trinajstić information content (AvgIpc) is 2.90. The summed E-state index contributed by atoms with van der Waals surface area (Å²) in [6.07, 6.45) is 1.69. The first kappa shape index (κ1) is 13.2. The number of aliphatic carboxylic acids is 1. The second kappa shape index (κ2) is 5.32. The van der Waals surface area contributed by atoms with Crippen molar-refractivity contribution < 1.29 is 19.4 Å². The Bertz CT molecular complexity index is 517. The molecule has 5 heteroatoms. The molecule has 0 unspecified atom stereocenters. The maximum atomic E-state index is 11.3. The van der Waals surface area contributed by atoms with Gasteiger partial charge in [0.1, 0.15) is 0 Å². The van der Waals surface area contributed by atoms with Crippen molar-refractivity contribution in [3.05, 3.63) is 23.8 Å². The van der Waals surface area contributed by atoms with Crippen LogP contribution in [0.4, 0.5) is 0 Å². The van der Waals surface area contributed by atoms with Crippen molar-refractivity contribution in [2.24, 2.45) is 5.92 Å². The van der Waals surface area contributed by atoms with Crippen LogP contribution >= 0.6 is 0 Å². The van der Waals surface area contributed by atoms with E-state index >= 15 is 0 Å². The molecule has 108 valence electrons. The van der Waals surface area contributed by atoms with E-state index in [1.807, 2.05) is 25.1 Å². The molecule has 0 aromatic heterocycles. The third-order valence-electron chi connectivity index (χ3n) is 4.29. The molecule has 2 aliphatic heterocycles. The van der Waals surface area contributed by atoms with Crippen molar-refractivity contribution in [3.8, 4) is 11.5 Å². The summed E-state index contributed by atoms with van der Waals surface area (Å²) in [4.78, 5) is 13.5. The number of fused-ring (bicyclic) bond motifs is 1. The highest BCUT2D eigenvalue weighted by Gasteiger charge is 2.33. The second-order valence-corrected chi connectivity index (χ2v) is 5.45. The van der Waals surface area contributed by atoms with Crippen LogP contribution in [0.2, 0.25) is 0 Å². The SMILES string of the molecule is C[C@@H]1[C@H](C(=O)O)CCCN1Cc1cccc2c1OCO2. The summed E-state index contributed by atoms with van der Waals surface area (Å²) in [6, 6.07) is 5.90. The Morgan fingerprint density at radius 2 is 2.30 bits per heavy atom. The van der Waals surface area contributed by atoms with Crippen molar-refractivity contribution in [2.45, 2.75) is 32.4 Å². The third-order valence-corrected chi connectivity index (χ3v) is 4.29. The summed E-state index contributed by atoms with van der Waals surface area (Å²) in [6.45, 7) is 3.89. The van der Waals surface area contributed by atoms with Gasteiger partial charge in [0.15, 0.2) is 11.5 Å². The topological polar surface area (TPSA) is 59.0 Å². The molecule has 1 N–H and O–H groups in total. The summed E-state index contributed by atoms with van der Waals surface area (Å²) >= 11 is 0. The first-order valence-electron chi connectivity index (χ1n) is 7.01. The molecule has 1 saturated heterocycles. The van der Waals surface area contributed by atoms with Gasteiger partial charge in [0.2, 0.25) is 6.79 Å². The normalized spacial score (nSPS) is 25.6. The molecule has 0 radical (unpaired) electrons. The highest BCUT2D eigenvalue weighted by molar-refractivity contribution is 5.71. The van der Waals surface area contributed by atoms with Crippen LogP contribution in [0.5, 0.6) is 11.5 Å². The predicted molar refractivity (Wildman–Crippen MR) is 72.8 cm³/mol. The molecule has 20 heavy (non-hydrogen) atoms. The van der Waals surface area contributed by atoms with Gasteiger partial charge in [0, 0.05) is 18.2 Å². The van der Waals surface area contributed by atoms with Gasteiger partial charge in [-0.2, -0.15) is 0 Å². The molecule has 0 aliphatic carbocycles. The van der Waals surface area contributed by atoms with Crippen molar-refractivity contribution in [1.29, 1.82) is 0 Å². The first-order valence-corrected chi connectivity index (χ1v) is 7.01. The molecule has 2 atom stereocenters. The number of carboxylic acid groups (broad SMARTS) is 1. The molecule has 0 spiro atoms. The Kier molecular flexibility index (Phi) is 3.53. The zero-order valence-corrected chi connectivity index (χ0v) is 11.5. The van der Waals surface area contributed by atoms with E-state index in [2.05, 4.69) is 4.90 Å². The minimum atomic E-state index is -0.694. The molecule has 0 bridgehead atoms. The van der Waals surface area contributed by atoms with Gasteiger partial charge in [0.25, 0.3) is 0 Å². The van der Waals surface area contributed by atoms with E-state index in [-0.39, 0.29) is 18.8 Å². The van der Waals surface area contributed by atoms with Crippen LogP contribution in [-0.4, -0.2) is 35.4 Å². The summed E-state index contributed by atoms with van der Waals surface area (Å²) in [5.41, 5.74) is 1.07. The average molecular weight is 277 g/mol. The Balaban J connectivity index is 1.77. The van der Waals surface area contributed by atoms with Crippen LogP contribution in [0.15, 0.2) is 18.2 Å². The molecule has 2 aliphatic rings. The van der Waals surface area contributed by atoms with E-state index in [4.69, 9.17) is 9.47 Å². The largest absolute Gasteiger partial charge is 0.481 e. The van der Waals surface area contributed by atoms with Gasteiger partial charge in [-0.15, -0.1) is 0 Å². The van der Waals surface area contributed by atoms with Crippen LogP contribution in [0.1, 0.15) is 25.3 Å². The van der Waals surface area contributed by atoms with Crippen molar-refractivity contribution in [1.82, 2.24) is 4.90 Å². The number of ether oxygens (including phenoxy) is 2. The third kappa shape index (κ3) is 2.33. The quantitative estimate of drug-likeness (QED) is 0.917. The van der Waals surface area contributed by atoms with Gasteiger partial charge in [-0.1, -0.05) is 12.1 Å². The fourth-order valence-electron chi connectivity index (χ4n) is 3.10. The lowest BCUT2D eigenvalue weighted by Gasteiger charge is -2.37. The van der Waals surface area contributed by atoms with Gasteiger partial charge >= 0.3 is 5.97 Å². The number of likely N-dealkylation sites (tertiary alicyclic amines) is 1. The molecule has 1 fully saturated rings. The van der Waals surface area contributed by atoms with Crippen LogP contribution in [-0.2, 0) is 11.3 Å². The maximum absolute atomic E-state index is 11.3. The minimum Gasteiger partial charge on any atom is -0.481 e. The fraction of sp³-hybridized carbons (Fsp3) is 0.533. The van der Waals surface area contributed by atoms with Gasteiger partial charge in [-0.3, -0.25) is 9.69 Å². The molecule has 0 amide bonds. The maximum Gasteiger partial charge on any atom is 0.308 e. The van der Waals surface area contributed by atoms with Crippen molar-refractivity contribution >= 4 is 5.97 Å². The van der Waals surface area contributed by atoms with E-state index in [1.54, 1.807) is 0 Å². The van der Waals surface area contributed by atoms with E-state index in [0.717, 1.165) is 36.4 Å². The summed E-state index contributed by atoms with van der Waals surface area (Å²) < 4.78 is 10.9. The minimum absolute atomic E-state index is 0.0411. The van der Waals surface area contributed by atoms with Crippen LogP contribution in [0, 0.1) is 5.92 Å². The van der Waals surface area contributed by atoms with Crippen LogP contribution in [0.25, 0.3) is 0 Å². The molecular formula is C15H19NO4. The molecule has 0 saturated carbocycles. The van der Waals surface area contributed by atoms with Gasteiger partial charge in [-0.25, -0.2) is 0 Å². The molecular weight excluding hydrogens is 258 g/mol. The zero-order chi connectivity index (χ0) is 14.1. The molecule has 1 aromatic carbocycles. The Labute approximate surface area is 118 Å².